The van der Waals surface area contributed by atoms with Gasteiger partial charge in [0.2, 0.25) is 0 Å². The Labute approximate surface area is 125 Å². The molecule has 1 aliphatic rings. The van der Waals surface area contributed by atoms with Crippen LogP contribution in [0.1, 0.15) is 24.3 Å². The number of hydrogen-bond donors (Lipinski definition) is 0. The van der Waals surface area contributed by atoms with E-state index in [0.717, 1.165) is 19.6 Å². The summed E-state index contributed by atoms with van der Waals surface area (Å²) in [6, 6.07) is 13.1. The van der Waals surface area contributed by atoms with Gasteiger partial charge in [0.1, 0.15) is 6.61 Å². The van der Waals surface area contributed by atoms with Crippen molar-refractivity contribution in [3.63, 3.8) is 0 Å². The lowest BCUT2D eigenvalue weighted by atomic mass is 9.89. The average molecular weight is 283 g/mol. The number of benzene rings is 1. The molecule has 0 bridgehead atoms. The van der Waals surface area contributed by atoms with Gasteiger partial charge in [-0.1, -0.05) is 30.3 Å². The summed E-state index contributed by atoms with van der Waals surface area (Å²) in [7, 11) is 0. The van der Waals surface area contributed by atoms with Crippen LogP contribution in [0.2, 0.25) is 0 Å². The standard InChI is InChI=1S/C17H21N3O/c1-2-5-15(6-3-1)16-7-11-20(12-8-16)13-14-21-17-18-9-4-10-19-17/h1-6,9-10,16H,7-8,11-14H2. The van der Waals surface area contributed by atoms with Crippen LogP contribution in [0.15, 0.2) is 48.8 Å². The van der Waals surface area contributed by atoms with E-state index < -0.39 is 0 Å². The van der Waals surface area contributed by atoms with Crippen LogP contribution in [-0.2, 0) is 0 Å². The van der Waals surface area contributed by atoms with E-state index in [9.17, 15) is 0 Å². The number of aromatic nitrogens is 2. The Balaban J connectivity index is 1.40. The van der Waals surface area contributed by atoms with Crippen molar-refractivity contribution in [1.29, 1.82) is 0 Å². The summed E-state index contributed by atoms with van der Waals surface area (Å²) in [5.74, 6) is 0.709. The first-order chi connectivity index (χ1) is 10.4. The van der Waals surface area contributed by atoms with Gasteiger partial charge in [0.25, 0.3) is 0 Å². The van der Waals surface area contributed by atoms with Crippen LogP contribution in [-0.4, -0.2) is 41.1 Å². The molecule has 4 heteroatoms. The summed E-state index contributed by atoms with van der Waals surface area (Å²) in [6.07, 6.45) is 5.86. The van der Waals surface area contributed by atoms with E-state index in [1.165, 1.54) is 18.4 Å². The van der Waals surface area contributed by atoms with Gasteiger partial charge in [-0.25, -0.2) is 9.97 Å². The molecule has 0 amide bonds. The largest absolute Gasteiger partial charge is 0.462 e. The van der Waals surface area contributed by atoms with E-state index in [1.54, 1.807) is 18.5 Å². The fourth-order valence-corrected chi connectivity index (χ4v) is 2.84. The Morgan fingerprint density at radius 3 is 2.43 bits per heavy atom. The predicted molar refractivity (Wildman–Crippen MR) is 82.4 cm³/mol. The molecule has 1 aromatic carbocycles. The Morgan fingerprint density at radius 1 is 1.00 bits per heavy atom. The predicted octanol–water partition coefficient (Wildman–Crippen LogP) is 2.74. The Morgan fingerprint density at radius 2 is 1.71 bits per heavy atom. The van der Waals surface area contributed by atoms with E-state index in [4.69, 9.17) is 4.74 Å². The molecule has 0 spiro atoms. The minimum absolute atomic E-state index is 0.469. The Kier molecular flexibility index (Phi) is 4.79. The first kappa shape index (κ1) is 14.0. The topological polar surface area (TPSA) is 38.2 Å². The zero-order valence-electron chi connectivity index (χ0n) is 12.2. The molecule has 110 valence electrons. The number of nitrogens with zero attached hydrogens (tertiary/aromatic N) is 3. The van der Waals surface area contributed by atoms with Gasteiger partial charge in [0.15, 0.2) is 0 Å². The first-order valence-corrected chi connectivity index (χ1v) is 7.59. The van der Waals surface area contributed by atoms with Crippen molar-refractivity contribution in [3.05, 3.63) is 54.4 Å². The fraction of sp³-hybridized carbons (Fsp3) is 0.412. The lowest BCUT2D eigenvalue weighted by molar-refractivity contribution is 0.168. The smallest absolute Gasteiger partial charge is 0.316 e. The summed E-state index contributed by atoms with van der Waals surface area (Å²) < 4.78 is 5.56. The third-order valence-corrected chi connectivity index (χ3v) is 4.04. The molecule has 1 fully saturated rings. The molecule has 1 aliphatic heterocycles. The van der Waals surface area contributed by atoms with E-state index in [-0.39, 0.29) is 0 Å². The van der Waals surface area contributed by atoms with Crippen molar-refractivity contribution in [2.24, 2.45) is 0 Å². The molecule has 1 saturated heterocycles. The molecule has 0 N–H and O–H groups in total. The average Bonchev–Trinajstić information content (AvgIpc) is 2.57. The number of rotatable bonds is 5. The monoisotopic (exact) mass is 283 g/mol. The van der Waals surface area contributed by atoms with Gasteiger partial charge in [-0.05, 0) is 43.5 Å². The van der Waals surface area contributed by atoms with Crippen molar-refractivity contribution in [2.75, 3.05) is 26.2 Å². The highest BCUT2D eigenvalue weighted by Gasteiger charge is 2.20. The van der Waals surface area contributed by atoms with Gasteiger partial charge in [0, 0.05) is 18.9 Å². The van der Waals surface area contributed by atoms with Crippen molar-refractivity contribution in [2.45, 2.75) is 18.8 Å². The van der Waals surface area contributed by atoms with Crippen LogP contribution < -0.4 is 4.74 Å². The first-order valence-electron chi connectivity index (χ1n) is 7.59. The van der Waals surface area contributed by atoms with Crippen LogP contribution in [0.3, 0.4) is 0 Å². The number of ether oxygens (including phenoxy) is 1. The molecule has 21 heavy (non-hydrogen) atoms. The van der Waals surface area contributed by atoms with Gasteiger partial charge in [-0.2, -0.15) is 0 Å². The van der Waals surface area contributed by atoms with Crippen molar-refractivity contribution in [3.8, 4) is 6.01 Å². The maximum absolute atomic E-state index is 5.56. The molecule has 0 radical (unpaired) electrons. The minimum Gasteiger partial charge on any atom is -0.462 e. The summed E-state index contributed by atoms with van der Waals surface area (Å²) in [5, 5.41) is 0. The highest BCUT2D eigenvalue weighted by atomic mass is 16.5. The van der Waals surface area contributed by atoms with Crippen LogP contribution in [0, 0.1) is 0 Å². The van der Waals surface area contributed by atoms with Gasteiger partial charge in [-0.15, -0.1) is 0 Å². The number of likely N-dealkylation sites (tertiary alicyclic amines) is 1. The molecule has 3 rings (SSSR count). The van der Waals surface area contributed by atoms with Crippen molar-refractivity contribution in [1.82, 2.24) is 14.9 Å². The van der Waals surface area contributed by atoms with Crippen molar-refractivity contribution >= 4 is 0 Å². The van der Waals surface area contributed by atoms with Gasteiger partial charge in [-0.3, -0.25) is 4.90 Å². The summed E-state index contributed by atoms with van der Waals surface area (Å²) >= 11 is 0. The fourth-order valence-electron chi connectivity index (χ4n) is 2.84. The molecule has 0 aliphatic carbocycles. The molecular weight excluding hydrogens is 262 g/mol. The van der Waals surface area contributed by atoms with E-state index >= 15 is 0 Å². The Hall–Kier alpha value is -1.94. The molecule has 0 saturated carbocycles. The third kappa shape index (κ3) is 4.02. The zero-order chi connectivity index (χ0) is 14.3. The number of hydrogen-bond acceptors (Lipinski definition) is 4. The third-order valence-electron chi connectivity index (χ3n) is 4.04. The minimum atomic E-state index is 0.469. The van der Waals surface area contributed by atoms with Crippen LogP contribution in [0.25, 0.3) is 0 Å². The molecule has 0 atom stereocenters. The van der Waals surface area contributed by atoms with E-state index in [1.807, 2.05) is 0 Å². The van der Waals surface area contributed by atoms with Crippen molar-refractivity contribution < 1.29 is 4.74 Å². The molecule has 1 aromatic heterocycles. The van der Waals surface area contributed by atoms with E-state index in [2.05, 4.69) is 45.2 Å². The summed E-state index contributed by atoms with van der Waals surface area (Å²) in [6.45, 7) is 3.87. The lowest BCUT2D eigenvalue weighted by Crippen LogP contribution is -2.35. The normalized spacial score (nSPS) is 16.8. The van der Waals surface area contributed by atoms with Crippen LogP contribution in [0.4, 0.5) is 0 Å². The SMILES string of the molecule is c1ccc(C2CCN(CCOc3ncccn3)CC2)cc1. The molecule has 0 unspecified atom stereocenters. The van der Waals surface area contributed by atoms with Crippen LogP contribution in [0.5, 0.6) is 6.01 Å². The molecular formula is C17H21N3O. The quantitative estimate of drug-likeness (QED) is 0.845. The van der Waals surface area contributed by atoms with Crippen LogP contribution >= 0.6 is 0 Å². The van der Waals surface area contributed by atoms with E-state index in [0.29, 0.717) is 18.5 Å². The molecule has 2 heterocycles. The molecule has 4 nitrogen and oxygen atoms in total. The zero-order valence-corrected chi connectivity index (χ0v) is 12.2. The summed E-state index contributed by atoms with van der Waals surface area (Å²) in [4.78, 5) is 10.6. The number of piperidine rings is 1. The maximum atomic E-state index is 5.56. The molecule has 2 aromatic rings. The maximum Gasteiger partial charge on any atom is 0.316 e. The second-order valence-electron chi connectivity index (χ2n) is 5.41. The van der Waals surface area contributed by atoms with Gasteiger partial charge in [0.05, 0.1) is 0 Å². The second kappa shape index (κ2) is 7.18. The Bertz CT molecular complexity index is 521. The lowest BCUT2D eigenvalue weighted by Gasteiger charge is -2.31. The highest BCUT2D eigenvalue weighted by Crippen LogP contribution is 2.27. The second-order valence-corrected chi connectivity index (χ2v) is 5.41. The van der Waals surface area contributed by atoms with Gasteiger partial charge < -0.3 is 4.74 Å². The van der Waals surface area contributed by atoms with Gasteiger partial charge >= 0.3 is 6.01 Å². The summed E-state index contributed by atoms with van der Waals surface area (Å²) in [5.41, 5.74) is 1.48. The highest BCUT2D eigenvalue weighted by molar-refractivity contribution is 5.19.